The fraction of sp³-hybridized carbons (Fsp3) is 0.421. The molecular weight excluding hydrogens is 339 g/mol. The minimum absolute atomic E-state index is 0.0500. The van der Waals surface area contributed by atoms with Gasteiger partial charge in [0.15, 0.2) is 9.84 Å². The van der Waals surface area contributed by atoms with Crippen molar-refractivity contribution in [3.63, 3.8) is 0 Å². The van der Waals surface area contributed by atoms with E-state index >= 15 is 0 Å². The van der Waals surface area contributed by atoms with Gasteiger partial charge in [-0.15, -0.1) is 0 Å². The largest absolute Gasteiger partial charge is 0.298 e. The summed E-state index contributed by atoms with van der Waals surface area (Å²) in [4.78, 5) is 6.55. The number of hydrogen-bond acceptors (Lipinski definition) is 4. The fourth-order valence-corrected chi connectivity index (χ4v) is 6.63. The van der Waals surface area contributed by atoms with Crippen LogP contribution in [0.15, 0.2) is 41.4 Å². The molecule has 0 radical (unpaired) electrons. The van der Waals surface area contributed by atoms with Crippen molar-refractivity contribution in [2.45, 2.75) is 41.4 Å². The van der Waals surface area contributed by atoms with E-state index in [9.17, 15) is 12.8 Å². The Morgan fingerprint density at radius 2 is 1.88 bits per heavy atom. The predicted molar refractivity (Wildman–Crippen MR) is 92.6 cm³/mol. The lowest BCUT2D eigenvalue weighted by molar-refractivity contribution is 0.157. The Morgan fingerprint density at radius 1 is 1.08 bits per heavy atom. The van der Waals surface area contributed by atoms with Gasteiger partial charge in [0.1, 0.15) is 0 Å². The zero-order valence-electron chi connectivity index (χ0n) is 13.7. The Labute approximate surface area is 146 Å². The molecule has 4 nitrogen and oxygen atoms in total. The summed E-state index contributed by atoms with van der Waals surface area (Å²) < 4.78 is 38.9. The number of nitrogens with zero attached hydrogens (tertiary/aromatic N) is 2. The Bertz CT molecular complexity index is 938. The minimum atomic E-state index is -3.26. The van der Waals surface area contributed by atoms with Crippen molar-refractivity contribution >= 4 is 9.84 Å². The molecule has 0 bridgehead atoms. The van der Waals surface area contributed by atoms with Crippen LogP contribution in [0.3, 0.4) is 0 Å². The van der Waals surface area contributed by atoms with E-state index < -0.39 is 15.8 Å². The van der Waals surface area contributed by atoms with E-state index in [-0.39, 0.29) is 11.2 Å². The van der Waals surface area contributed by atoms with Crippen LogP contribution in [0.2, 0.25) is 0 Å². The van der Waals surface area contributed by atoms with E-state index in [1.807, 2.05) is 6.07 Å². The van der Waals surface area contributed by atoms with E-state index in [0.717, 1.165) is 23.2 Å². The molecule has 25 heavy (non-hydrogen) atoms. The number of hydrogen-bond donors (Lipinski definition) is 0. The molecule has 1 saturated heterocycles. The summed E-state index contributed by atoms with van der Waals surface area (Å²) in [6.45, 7) is 1.48. The lowest BCUT2D eigenvalue weighted by atomic mass is 9.91. The molecule has 5 rings (SSSR count). The summed E-state index contributed by atoms with van der Waals surface area (Å²) in [6.07, 6.45) is 5.12. The summed E-state index contributed by atoms with van der Waals surface area (Å²) in [5.41, 5.74) is 2.62. The molecule has 130 valence electrons. The second kappa shape index (κ2) is 5.35. The topological polar surface area (TPSA) is 50.3 Å². The number of pyridine rings is 1. The zero-order valence-corrected chi connectivity index (χ0v) is 14.5. The molecule has 1 aromatic heterocycles. The first-order valence-corrected chi connectivity index (χ1v) is 10.3. The minimum Gasteiger partial charge on any atom is -0.298 e. The lowest BCUT2D eigenvalue weighted by Gasteiger charge is -2.35. The molecule has 1 aromatic carbocycles. The average molecular weight is 358 g/mol. The summed E-state index contributed by atoms with van der Waals surface area (Å²) in [7, 11) is -3.26. The smallest absolute Gasteiger partial charge is 0.212 e. The number of likely N-dealkylation sites (tertiary alicyclic amines) is 1. The number of aromatic nitrogens is 1. The molecule has 3 aliphatic rings. The number of sulfone groups is 1. The van der Waals surface area contributed by atoms with E-state index in [1.165, 1.54) is 31.5 Å². The van der Waals surface area contributed by atoms with Gasteiger partial charge in [-0.05, 0) is 48.2 Å². The van der Waals surface area contributed by atoms with Crippen molar-refractivity contribution in [3.05, 3.63) is 48.0 Å². The van der Waals surface area contributed by atoms with Crippen molar-refractivity contribution in [2.75, 3.05) is 13.1 Å². The van der Waals surface area contributed by atoms with Gasteiger partial charge in [-0.3, -0.25) is 4.90 Å². The number of benzene rings is 1. The van der Waals surface area contributed by atoms with Gasteiger partial charge in [-0.1, -0.05) is 12.5 Å². The molecule has 3 heterocycles. The van der Waals surface area contributed by atoms with Gasteiger partial charge >= 0.3 is 0 Å². The molecule has 0 unspecified atom stereocenters. The number of halogens is 1. The van der Waals surface area contributed by atoms with Crippen LogP contribution in [0.1, 0.15) is 30.7 Å². The summed E-state index contributed by atoms with van der Waals surface area (Å²) >= 11 is 0. The van der Waals surface area contributed by atoms with Gasteiger partial charge in [-0.25, -0.2) is 13.4 Å². The van der Waals surface area contributed by atoms with Gasteiger partial charge in [0.2, 0.25) is 5.95 Å². The number of rotatable bonds is 2. The van der Waals surface area contributed by atoms with Gasteiger partial charge in [0.25, 0.3) is 0 Å². The first kappa shape index (κ1) is 15.5. The van der Waals surface area contributed by atoms with Gasteiger partial charge in [0.05, 0.1) is 10.1 Å². The molecule has 6 heteroatoms. The summed E-state index contributed by atoms with van der Waals surface area (Å²) in [5.74, 6) is -0.464. The van der Waals surface area contributed by atoms with Crippen LogP contribution < -0.4 is 0 Å². The molecule has 2 aromatic rings. The first-order chi connectivity index (χ1) is 12.0. The van der Waals surface area contributed by atoms with Gasteiger partial charge in [-0.2, -0.15) is 4.39 Å². The van der Waals surface area contributed by atoms with Crippen molar-refractivity contribution in [1.82, 2.24) is 9.88 Å². The Kier molecular flexibility index (Phi) is 3.31. The van der Waals surface area contributed by atoms with Crippen LogP contribution in [0.25, 0.3) is 11.1 Å². The van der Waals surface area contributed by atoms with E-state index in [0.29, 0.717) is 17.5 Å². The monoisotopic (exact) mass is 358 g/mol. The molecule has 1 saturated carbocycles. The highest BCUT2D eigenvalue weighted by Crippen LogP contribution is 2.47. The standard InChI is InChI=1S/C19H19FN2O2S/c20-19-7-5-13(9-21-19)12-4-6-17-15(8-12)16-10-22(14-2-1-3-14)11-18(16)25(17,23)24/h4-9,14,16,18H,1-3,10-11H2/t16-,18+/m1/s1. The van der Waals surface area contributed by atoms with Crippen LogP contribution in [0, 0.1) is 5.95 Å². The second-order valence-electron chi connectivity index (χ2n) is 7.35. The van der Waals surface area contributed by atoms with Crippen LogP contribution >= 0.6 is 0 Å². The molecular formula is C19H19FN2O2S. The van der Waals surface area contributed by atoms with Crippen molar-refractivity contribution in [3.8, 4) is 11.1 Å². The maximum absolute atomic E-state index is 13.1. The second-order valence-corrected chi connectivity index (χ2v) is 9.49. The molecule has 0 amide bonds. The lowest BCUT2D eigenvalue weighted by Crippen LogP contribution is -2.39. The Morgan fingerprint density at radius 3 is 2.56 bits per heavy atom. The molecule has 2 aliphatic heterocycles. The highest BCUT2D eigenvalue weighted by Gasteiger charge is 2.51. The fourth-order valence-electron chi connectivity index (χ4n) is 4.45. The molecule has 2 fully saturated rings. The SMILES string of the molecule is O=S1(=O)c2ccc(-c3ccc(F)nc3)cc2[C@H]2CN(C3CCC3)C[C@@H]21. The van der Waals surface area contributed by atoms with Crippen molar-refractivity contribution < 1.29 is 12.8 Å². The van der Waals surface area contributed by atoms with Crippen molar-refractivity contribution in [1.29, 1.82) is 0 Å². The third-order valence-corrected chi connectivity index (χ3v) is 8.32. The van der Waals surface area contributed by atoms with Gasteiger partial charge in [0, 0.05) is 36.8 Å². The third kappa shape index (κ3) is 2.27. The number of fused-ring (bicyclic) bond motifs is 3. The molecule has 2 atom stereocenters. The van der Waals surface area contributed by atoms with E-state index in [2.05, 4.69) is 9.88 Å². The van der Waals surface area contributed by atoms with Crippen molar-refractivity contribution in [2.24, 2.45) is 0 Å². The van der Waals surface area contributed by atoms with Crippen LogP contribution in [0.5, 0.6) is 0 Å². The maximum atomic E-state index is 13.1. The summed E-state index contributed by atoms with van der Waals surface area (Å²) in [5, 5.41) is -0.315. The highest BCUT2D eigenvalue weighted by atomic mass is 32.2. The Balaban J connectivity index is 1.55. The van der Waals surface area contributed by atoms with Crippen LogP contribution in [0.4, 0.5) is 4.39 Å². The molecule has 0 N–H and O–H groups in total. The van der Waals surface area contributed by atoms with Crippen LogP contribution in [-0.4, -0.2) is 42.7 Å². The quantitative estimate of drug-likeness (QED) is 0.775. The first-order valence-electron chi connectivity index (χ1n) is 8.78. The molecule has 0 spiro atoms. The predicted octanol–water partition coefficient (Wildman–Crippen LogP) is 3.00. The third-order valence-electron chi connectivity index (χ3n) is 6.06. The average Bonchev–Trinajstić information content (AvgIpc) is 3.06. The zero-order chi connectivity index (χ0) is 17.2. The van der Waals surface area contributed by atoms with Crippen LogP contribution in [-0.2, 0) is 9.84 Å². The van der Waals surface area contributed by atoms with Gasteiger partial charge < -0.3 is 0 Å². The highest BCUT2D eigenvalue weighted by molar-refractivity contribution is 7.92. The molecule has 1 aliphatic carbocycles. The Hall–Kier alpha value is -1.79. The van der Waals surface area contributed by atoms with E-state index in [1.54, 1.807) is 18.2 Å². The summed E-state index contributed by atoms with van der Waals surface area (Å²) in [6, 6.07) is 9.06. The maximum Gasteiger partial charge on any atom is 0.212 e. The van der Waals surface area contributed by atoms with E-state index in [4.69, 9.17) is 0 Å². The normalized spacial score (nSPS) is 27.7.